The first-order valence-corrected chi connectivity index (χ1v) is 6.90. The highest BCUT2D eigenvalue weighted by Gasteiger charge is 2.36. The van der Waals surface area contributed by atoms with Crippen molar-refractivity contribution < 1.29 is 9.47 Å². The Morgan fingerprint density at radius 2 is 1.76 bits per heavy atom. The van der Waals surface area contributed by atoms with Gasteiger partial charge in [0, 0.05) is 25.2 Å². The van der Waals surface area contributed by atoms with Crippen molar-refractivity contribution in [2.45, 2.75) is 57.0 Å². The SMILES string of the molecule is CC1(C)OCC(NC2CCN(C3CC3)C2)CO1. The van der Waals surface area contributed by atoms with Gasteiger partial charge in [-0.25, -0.2) is 0 Å². The second kappa shape index (κ2) is 4.50. The van der Waals surface area contributed by atoms with Gasteiger partial charge in [-0.15, -0.1) is 0 Å². The molecule has 1 N–H and O–H groups in total. The molecule has 1 atom stereocenters. The number of hydrogen-bond donors (Lipinski definition) is 1. The Morgan fingerprint density at radius 1 is 1.06 bits per heavy atom. The van der Waals surface area contributed by atoms with Crippen molar-refractivity contribution in [3.05, 3.63) is 0 Å². The molecule has 1 aliphatic carbocycles. The highest BCUT2D eigenvalue weighted by Crippen LogP contribution is 2.30. The summed E-state index contributed by atoms with van der Waals surface area (Å²) in [4.78, 5) is 2.63. The number of likely N-dealkylation sites (tertiary alicyclic amines) is 1. The zero-order valence-corrected chi connectivity index (χ0v) is 10.9. The summed E-state index contributed by atoms with van der Waals surface area (Å²) in [6.45, 7) is 7.98. The highest BCUT2D eigenvalue weighted by atomic mass is 16.7. The van der Waals surface area contributed by atoms with Gasteiger partial charge in [0.1, 0.15) is 0 Å². The Balaban J connectivity index is 1.42. The first-order valence-electron chi connectivity index (χ1n) is 6.90. The molecular weight excluding hydrogens is 216 g/mol. The average molecular weight is 240 g/mol. The molecule has 1 saturated carbocycles. The average Bonchev–Trinajstić information content (AvgIpc) is 3.03. The van der Waals surface area contributed by atoms with E-state index in [-0.39, 0.29) is 0 Å². The number of rotatable bonds is 3. The molecule has 17 heavy (non-hydrogen) atoms. The lowest BCUT2D eigenvalue weighted by Gasteiger charge is -2.36. The minimum atomic E-state index is -0.395. The Bertz CT molecular complexity index is 269. The number of nitrogens with zero attached hydrogens (tertiary/aromatic N) is 1. The lowest BCUT2D eigenvalue weighted by atomic mass is 10.2. The molecule has 0 spiro atoms. The van der Waals surface area contributed by atoms with Gasteiger partial charge in [-0.2, -0.15) is 0 Å². The molecule has 0 radical (unpaired) electrons. The largest absolute Gasteiger partial charge is 0.349 e. The zero-order valence-electron chi connectivity index (χ0n) is 10.9. The normalized spacial score (nSPS) is 35.3. The van der Waals surface area contributed by atoms with Crippen LogP contribution in [0, 0.1) is 0 Å². The molecule has 98 valence electrons. The molecule has 0 aromatic heterocycles. The summed E-state index contributed by atoms with van der Waals surface area (Å²) in [6, 6.07) is 1.90. The van der Waals surface area contributed by atoms with E-state index < -0.39 is 5.79 Å². The monoisotopic (exact) mass is 240 g/mol. The number of hydrogen-bond acceptors (Lipinski definition) is 4. The van der Waals surface area contributed by atoms with Crippen LogP contribution >= 0.6 is 0 Å². The minimum absolute atomic E-state index is 0.368. The van der Waals surface area contributed by atoms with Crippen LogP contribution in [0.5, 0.6) is 0 Å². The molecule has 3 rings (SSSR count). The number of ether oxygens (including phenoxy) is 2. The molecule has 4 nitrogen and oxygen atoms in total. The quantitative estimate of drug-likeness (QED) is 0.797. The van der Waals surface area contributed by atoms with E-state index >= 15 is 0 Å². The van der Waals surface area contributed by atoms with Crippen molar-refractivity contribution in [1.29, 1.82) is 0 Å². The first-order chi connectivity index (χ1) is 8.12. The van der Waals surface area contributed by atoms with E-state index in [1.807, 2.05) is 13.8 Å². The molecule has 0 aromatic carbocycles. The van der Waals surface area contributed by atoms with Gasteiger partial charge < -0.3 is 14.8 Å². The van der Waals surface area contributed by atoms with E-state index in [0.29, 0.717) is 12.1 Å². The third kappa shape index (κ3) is 2.99. The van der Waals surface area contributed by atoms with Crippen molar-refractivity contribution in [2.24, 2.45) is 0 Å². The van der Waals surface area contributed by atoms with Crippen LogP contribution in [0.15, 0.2) is 0 Å². The van der Waals surface area contributed by atoms with E-state index in [4.69, 9.17) is 9.47 Å². The molecule has 2 heterocycles. The summed E-state index contributed by atoms with van der Waals surface area (Å²) in [5.74, 6) is -0.395. The van der Waals surface area contributed by atoms with Crippen LogP contribution in [-0.4, -0.2) is 55.1 Å². The van der Waals surface area contributed by atoms with E-state index in [9.17, 15) is 0 Å². The van der Waals surface area contributed by atoms with Gasteiger partial charge in [0.25, 0.3) is 0 Å². The Kier molecular flexibility index (Phi) is 3.15. The standard InChI is InChI=1S/C13H24N2O2/c1-13(2)16-8-11(9-17-13)14-10-5-6-15(7-10)12-3-4-12/h10-12,14H,3-9H2,1-2H3. The fourth-order valence-corrected chi connectivity index (χ4v) is 2.82. The van der Waals surface area contributed by atoms with Gasteiger partial charge in [0.15, 0.2) is 5.79 Å². The third-order valence-electron chi connectivity index (χ3n) is 4.02. The maximum Gasteiger partial charge on any atom is 0.162 e. The number of nitrogens with one attached hydrogen (secondary N) is 1. The second-order valence-corrected chi connectivity index (χ2v) is 6.10. The van der Waals surface area contributed by atoms with Crippen molar-refractivity contribution in [3.63, 3.8) is 0 Å². The summed E-state index contributed by atoms with van der Waals surface area (Å²) >= 11 is 0. The van der Waals surface area contributed by atoms with Gasteiger partial charge in [0.2, 0.25) is 0 Å². The van der Waals surface area contributed by atoms with Crippen LogP contribution in [-0.2, 0) is 9.47 Å². The molecule has 0 aromatic rings. The molecule has 4 heteroatoms. The van der Waals surface area contributed by atoms with Crippen molar-refractivity contribution >= 4 is 0 Å². The Hall–Kier alpha value is -0.160. The summed E-state index contributed by atoms with van der Waals surface area (Å²) in [7, 11) is 0. The second-order valence-electron chi connectivity index (χ2n) is 6.10. The molecule has 3 fully saturated rings. The highest BCUT2D eigenvalue weighted by molar-refractivity contribution is 4.93. The van der Waals surface area contributed by atoms with Gasteiger partial charge in [-0.3, -0.25) is 4.90 Å². The predicted octanol–water partition coefficient (Wildman–Crippen LogP) is 0.964. The van der Waals surface area contributed by atoms with Crippen LogP contribution in [0.3, 0.4) is 0 Å². The maximum atomic E-state index is 5.68. The van der Waals surface area contributed by atoms with E-state index in [1.54, 1.807) is 0 Å². The topological polar surface area (TPSA) is 33.7 Å². The Morgan fingerprint density at radius 3 is 2.41 bits per heavy atom. The van der Waals surface area contributed by atoms with Gasteiger partial charge >= 0.3 is 0 Å². The Labute approximate surface area is 104 Å². The van der Waals surface area contributed by atoms with Crippen LogP contribution in [0.1, 0.15) is 33.1 Å². The molecule has 1 unspecified atom stereocenters. The molecule has 3 aliphatic rings. The molecule has 2 aliphatic heterocycles. The van der Waals surface area contributed by atoms with E-state index in [0.717, 1.165) is 19.3 Å². The van der Waals surface area contributed by atoms with Crippen LogP contribution in [0.4, 0.5) is 0 Å². The van der Waals surface area contributed by atoms with Crippen LogP contribution < -0.4 is 5.32 Å². The van der Waals surface area contributed by atoms with Gasteiger partial charge in [-0.05, 0) is 33.1 Å². The van der Waals surface area contributed by atoms with Crippen molar-refractivity contribution in [3.8, 4) is 0 Å². The van der Waals surface area contributed by atoms with Crippen LogP contribution in [0.25, 0.3) is 0 Å². The molecular formula is C13H24N2O2. The first kappa shape index (κ1) is 11.9. The molecule has 0 bridgehead atoms. The van der Waals surface area contributed by atoms with Crippen LogP contribution in [0.2, 0.25) is 0 Å². The maximum absolute atomic E-state index is 5.68. The van der Waals surface area contributed by atoms with Gasteiger partial charge in [0.05, 0.1) is 19.3 Å². The van der Waals surface area contributed by atoms with E-state index in [2.05, 4.69) is 10.2 Å². The molecule has 0 amide bonds. The third-order valence-corrected chi connectivity index (χ3v) is 4.02. The smallest absolute Gasteiger partial charge is 0.162 e. The lowest BCUT2D eigenvalue weighted by molar-refractivity contribution is -0.253. The summed E-state index contributed by atoms with van der Waals surface area (Å²) in [6.07, 6.45) is 4.10. The lowest BCUT2D eigenvalue weighted by Crippen LogP contribution is -2.52. The van der Waals surface area contributed by atoms with Crippen molar-refractivity contribution in [2.75, 3.05) is 26.3 Å². The fourth-order valence-electron chi connectivity index (χ4n) is 2.82. The van der Waals surface area contributed by atoms with Gasteiger partial charge in [-0.1, -0.05) is 0 Å². The zero-order chi connectivity index (χ0) is 11.9. The summed E-state index contributed by atoms with van der Waals surface area (Å²) < 4.78 is 11.4. The van der Waals surface area contributed by atoms with Crippen molar-refractivity contribution in [1.82, 2.24) is 10.2 Å². The van der Waals surface area contributed by atoms with E-state index in [1.165, 1.54) is 32.4 Å². The fraction of sp³-hybridized carbons (Fsp3) is 1.00. The minimum Gasteiger partial charge on any atom is -0.349 e. The summed E-state index contributed by atoms with van der Waals surface area (Å²) in [5, 5.41) is 3.68. The predicted molar refractivity (Wildman–Crippen MR) is 65.9 cm³/mol. The summed E-state index contributed by atoms with van der Waals surface area (Å²) in [5.41, 5.74) is 0. The molecule has 2 saturated heterocycles.